The van der Waals surface area contributed by atoms with E-state index in [1.54, 1.807) is 0 Å². The van der Waals surface area contributed by atoms with Gasteiger partial charge in [0.2, 0.25) is 23.6 Å². The Bertz CT molecular complexity index is 603. The summed E-state index contributed by atoms with van der Waals surface area (Å²) < 4.78 is 0. The van der Waals surface area contributed by atoms with Crippen LogP contribution in [0.25, 0.3) is 0 Å². The number of thiol groups is 1. The summed E-state index contributed by atoms with van der Waals surface area (Å²) in [5, 5.41) is 18.8. The SMILES string of the molecule is CC(=O)N[C@@H](CS)C(=O)N[C@@H](C)C(=O)N[C@@H](C)C(=O)N[C@@H](CCCCN)C(=O)O. The number of carbonyl (C=O) groups excluding carboxylic acids is 4. The van der Waals surface area contributed by atoms with Crippen LogP contribution in [0.15, 0.2) is 0 Å². The van der Waals surface area contributed by atoms with E-state index < -0.39 is 53.8 Å². The maximum absolute atomic E-state index is 12.2. The third-order valence-corrected chi connectivity index (χ3v) is 4.31. The van der Waals surface area contributed by atoms with E-state index in [1.165, 1.54) is 20.8 Å². The summed E-state index contributed by atoms with van der Waals surface area (Å²) in [6, 6.07) is -4.00. The topological polar surface area (TPSA) is 180 Å². The number of nitrogens with two attached hydrogens (primary N) is 1. The summed E-state index contributed by atoms with van der Waals surface area (Å²) in [5.74, 6) is -3.45. The smallest absolute Gasteiger partial charge is 0.326 e. The second-order valence-electron chi connectivity index (χ2n) is 6.58. The largest absolute Gasteiger partial charge is 0.480 e. The minimum absolute atomic E-state index is 0.0410. The Labute approximate surface area is 175 Å². The van der Waals surface area contributed by atoms with Gasteiger partial charge in [-0.15, -0.1) is 0 Å². The second kappa shape index (κ2) is 13.8. The van der Waals surface area contributed by atoms with Crippen molar-refractivity contribution in [3.63, 3.8) is 0 Å². The van der Waals surface area contributed by atoms with Gasteiger partial charge in [0.05, 0.1) is 0 Å². The highest BCUT2D eigenvalue weighted by molar-refractivity contribution is 7.80. The fourth-order valence-electron chi connectivity index (χ4n) is 2.27. The van der Waals surface area contributed by atoms with Gasteiger partial charge in [-0.25, -0.2) is 4.79 Å². The number of carbonyl (C=O) groups is 5. The predicted octanol–water partition coefficient (Wildman–Crippen LogP) is -1.87. The zero-order valence-electron chi connectivity index (χ0n) is 16.9. The summed E-state index contributed by atoms with van der Waals surface area (Å²) in [5.41, 5.74) is 5.37. The van der Waals surface area contributed by atoms with Crippen molar-refractivity contribution in [2.75, 3.05) is 12.3 Å². The summed E-state index contributed by atoms with van der Waals surface area (Å²) >= 11 is 3.98. The first-order valence-electron chi connectivity index (χ1n) is 9.25. The lowest BCUT2D eigenvalue weighted by molar-refractivity contribution is -0.142. The lowest BCUT2D eigenvalue weighted by Crippen LogP contribution is -2.56. The molecule has 0 aliphatic rings. The first kappa shape index (κ1) is 26.7. The predicted molar refractivity (Wildman–Crippen MR) is 109 cm³/mol. The molecule has 166 valence electrons. The van der Waals surface area contributed by atoms with E-state index in [-0.39, 0.29) is 12.2 Å². The molecule has 0 fully saturated rings. The average molecular weight is 434 g/mol. The highest BCUT2D eigenvalue weighted by Gasteiger charge is 2.26. The first-order valence-corrected chi connectivity index (χ1v) is 9.88. The lowest BCUT2D eigenvalue weighted by Gasteiger charge is -2.22. The minimum Gasteiger partial charge on any atom is -0.480 e. The van der Waals surface area contributed by atoms with Gasteiger partial charge in [0, 0.05) is 12.7 Å². The zero-order valence-corrected chi connectivity index (χ0v) is 17.8. The highest BCUT2D eigenvalue weighted by atomic mass is 32.1. The van der Waals surface area contributed by atoms with Gasteiger partial charge in [0.25, 0.3) is 0 Å². The number of carboxylic acids is 1. The molecular formula is C17H31N5O6S. The molecule has 0 aliphatic heterocycles. The van der Waals surface area contributed by atoms with Crippen LogP contribution in [0, 0.1) is 0 Å². The zero-order chi connectivity index (χ0) is 22.6. The molecule has 12 heteroatoms. The van der Waals surface area contributed by atoms with Crippen LogP contribution in [0.5, 0.6) is 0 Å². The van der Waals surface area contributed by atoms with Crippen molar-refractivity contribution in [3.8, 4) is 0 Å². The average Bonchev–Trinajstić information content (AvgIpc) is 2.64. The van der Waals surface area contributed by atoms with E-state index in [4.69, 9.17) is 5.73 Å². The minimum atomic E-state index is -1.18. The number of carboxylic acid groups (broad SMARTS) is 1. The van der Waals surface area contributed by atoms with Gasteiger partial charge in [-0.3, -0.25) is 19.2 Å². The summed E-state index contributed by atoms with van der Waals surface area (Å²) in [4.78, 5) is 58.8. The van der Waals surface area contributed by atoms with E-state index in [0.717, 1.165) is 0 Å². The van der Waals surface area contributed by atoms with Crippen LogP contribution >= 0.6 is 12.6 Å². The number of hydrogen-bond donors (Lipinski definition) is 7. The summed E-state index contributed by atoms with van der Waals surface area (Å²) in [6.45, 7) is 4.48. The molecule has 0 bridgehead atoms. The number of nitrogens with one attached hydrogen (secondary N) is 4. The maximum Gasteiger partial charge on any atom is 0.326 e. The van der Waals surface area contributed by atoms with Crippen molar-refractivity contribution in [3.05, 3.63) is 0 Å². The Morgan fingerprint density at radius 3 is 1.83 bits per heavy atom. The van der Waals surface area contributed by atoms with Gasteiger partial charge in [-0.05, 0) is 39.7 Å². The van der Waals surface area contributed by atoms with Crippen molar-refractivity contribution in [1.29, 1.82) is 0 Å². The monoisotopic (exact) mass is 433 g/mol. The molecule has 0 aliphatic carbocycles. The fraction of sp³-hybridized carbons (Fsp3) is 0.706. The van der Waals surface area contributed by atoms with Crippen LogP contribution in [-0.4, -0.2) is 71.2 Å². The lowest BCUT2D eigenvalue weighted by atomic mass is 10.1. The van der Waals surface area contributed by atoms with E-state index in [9.17, 15) is 29.1 Å². The van der Waals surface area contributed by atoms with Crippen molar-refractivity contribution in [1.82, 2.24) is 21.3 Å². The van der Waals surface area contributed by atoms with E-state index in [2.05, 4.69) is 33.9 Å². The first-order chi connectivity index (χ1) is 13.5. The van der Waals surface area contributed by atoms with Gasteiger partial charge in [0.15, 0.2) is 0 Å². The Morgan fingerprint density at radius 1 is 0.862 bits per heavy atom. The van der Waals surface area contributed by atoms with E-state index in [0.29, 0.717) is 19.4 Å². The molecule has 0 saturated carbocycles. The molecule has 4 amide bonds. The van der Waals surface area contributed by atoms with Crippen LogP contribution in [0.2, 0.25) is 0 Å². The normalized spacial score (nSPS) is 14.7. The molecule has 0 aromatic heterocycles. The maximum atomic E-state index is 12.2. The second-order valence-corrected chi connectivity index (χ2v) is 6.95. The third-order valence-electron chi connectivity index (χ3n) is 3.94. The molecule has 7 N–H and O–H groups in total. The van der Waals surface area contributed by atoms with Crippen LogP contribution < -0.4 is 27.0 Å². The standard InChI is InChI=1S/C17H31N5O6S/c1-9(20-16(26)13(8-29)21-11(3)23)14(24)19-10(2)15(25)22-12(17(27)28)6-4-5-7-18/h9-10,12-13,29H,4-8,18H2,1-3H3,(H,19,24)(H,20,26)(H,21,23)(H,22,25)(H,27,28)/t9-,10-,12-,13-/m0/s1. The molecule has 0 spiro atoms. The van der Waals surface area contributed by atoms with Crippen molar-refractivity contribution >= 4 is 42.2 Å². The Hall–Kier alpha value is -2.34. The Kier molecular flexibility index (Phi) is 12.7. The van der Waals surface area contributed by atoms with Crippen LogP contribution in [0.1, 0.15) is 40.0 Å². The van der Waals surface area contributed by atoms with Crippen molar-refractivity contribution < 1.29 is 29.1 Å². The molecule has 0 rings (SSSR count). The number of aliphatic carboxylic acids is 1. The third kappa shape index (κ3) is 10.7. The molecule has 0 heterocycles. The molecule has 4 atom stereocenters. The molecule has 0 radical (unpaired) electrons. The van der Waals surface area contributed by atoms with Gasteiger partial charge in [-0.1, -0.05) is 0 Å². The summed E-state index contributed by atoms with van der Waals surface area (Å²) in [7, 11) is 0. The van der Waals surface area contributed by atoms with Gasteiger partial charge >= 0.3 is 5.97 Å². The van der Waals surface area contributed by atoms with Crippen LogP contribution in [0.3, 0.4) is 0 Å². The quantitative estimate of drug-likeness (QED) is 0.131. The van der Waals surface area contributed by atoms with Gasteiger partial charge < -0.3 is 32.1 Å². The number of hydrogen-bond acceptors (Lipinski definition) is 7. The number of amides is 4. The van der Waals surface area contributed by atoms with Crippen molar-refractivity contribution in [2.45, 2.75) is 64.2 Å². The molecule has 0 aromatic rings. The van der Waals surface area contributed by atoms with E-state index >= 15 is 0 Å². The molecule has 0 saturated heterocycles. The van der Waals surface area contributed by atoms with Crippen molar-refractivity contribution in [2.24, 2.45) is 5.73 Å². The highest BCUT2D eigenvalue weighted by Crippen LogP contribution is 2.02. The molecule has 0 aromatic carbocycles. The number of rotatable bonds is 13. The molecule has 29 heavy (non-hydrogen) atoms. The van der Waals surface area contributed by atoms with Gasteiger partial charge in [0.1, 0.15) is 24.2 Å². The summed E-state index contributed by atoms with van der Waals surface area (Å²) in [6.07, 6.45) is 1.40. The number of unbranched alkanes of at least 4 members (excludes halogenated alkanes) is 1. The fourth-order valence-corrected chi connectivity index (χ4v) is 2.53. The van der Waals surface area contributed by atoms with E-state index in [1.807, 2.05) is 0 Å². The van der Waals surface area contributed by atoms with Crippen LogP contribution in [-0.2, 0) is 24.0 Å². The van der Waals surface area contributed by atoms with Gasteiger partial charge in [-0.2, -0.15) is 12.6 Å². The molecular weight excluding hydrogens is 402 g/mol. The Morgan fingerprint density at radius 2 is 1.38 bits per heavy atom. The molecule has 0 unspecified atom stereocenters. The Balaban J connectivity index is 4.68. The molecule has 11 nitrogen and oxygen atoms in total. The van der Waals surface area contributed by atoms with Crippen LogP contribution in [0.4, 0.5) is 0 Å².